The number of aryl methyl sites for hydroxylation is 1. The molecule has 4 rings (SSSR count). The van der Waals surface area contributed by atoms with E-state index in [0.717, 1.165) is 47.6 Å². The number of carbonyl (C=O) groups is 1. The monoisotopic (exact) mass is 459 g/mol. The Bertz CT molecular complexity index is 1270. The van der Waals surface area contributed by atoms with Gasteiger partial charge in [0.2, 0.25) is 0 Å². The number of halogens is 1. The van der Waals surface area contributed by atoms with E-state index in [1.165, 1.54) is 0 Å². The van der Waals surface area contributed by atoms with E-state index in [1.807, 2.05) is 48.5 Å². The van der Waals surface area contributed by atoms with Crippen LogP contribution in [0.25, 0.3) is 11.0 Å². The molecule has 0 saturated carbocycles. The molecule has 6 heteroatoms. The molecular formula is C27H26ClN3O2. The van der Waals surface area contributed by atoms with Gasteiger partial charge in [-0.15, -0.1) is 6.58 Å². The van der Waals surface area contributed by atoms with Crippen LogP contribution in [0.15, 0.2) is 85.5 Å². The molecule has 1 amide bonds. The number of fused-ring (bicyclic) bond motifs is 1. The number of aromatic nitrogens is 2. The van der Waals surface area contributed by atoms with E-state index in [4.69, 9.17) is 21.3 Å². The van der Waals surface area contributed by atoms with Crippen LogP contribution in [0.2, 0.25) is 5.02 Å². The number of allylic oxidation sites excluding steroid dienone is 1. The Morgan fingerprint density at radius 1 is 1.06 bits per heavy atom. The largest absolute Gasteiger partial charge is 0.493 e. The molecule has 0 unspecified atom stereocenters. The minimum absolute atomic E-state index is 0.221. The normalized spacial score (nSPS) is 10.8. The van der Waals surface area contributed by atoms with Crippen molar-refractivity contribution in [3.63, 3.8) is 0 Å². The molecular weight excluding hydrogens is 434 g/mol. The lowest BCUT2D eigenvalue weighted by Gasteiger charge is -2.13. The van der Waals surface area contributed by atoms with Gasteiger partial charge in [-0.05, 0) is 48.7 Å². The highest BCUT2D eigenvalue weighted by Crippen LogP contribution is 2.20. The fourth-order valence-corrected chi connectivity index (χ4v) is 4.00. The van der Waals surface area contributed by atoms with Crippen molar-refractivity contribution in [2.24, 2.45) is 0 Å². The lowest BCUT2D eigenvalue weighted by atomic mass is 10.1. The number of benzene rings is 3. The summed E-state index contributed by atoms with van der Waals surface area (Å²) in [5.41, 5.74) is 3.51. The van der Waals surface area contributed by atoms with E-state index in [2.05, 4.69) is 22.5 Å². The highest BCUT2D eigenvalue weighted by molar-refractivity contribution is 6.33. The number of nitrogens with one attached hydrogen (secondary N) is 1. The first-order valence-corrected chi connectivity index (χ1v) is 11.3. The minimum atomic E-state index is -0.221. The summed E-state index contributed by atoms with van der Waals surface area (Å²) < 4.78 is 8.18. The molecule has 0 bridgehead atoms. The molecule has 0 aliphatic rings. The summed E-state index contributed by atoms with van der Waals surface area (Å²) in [6.07, 6.45) is 3.45. The fourth-order valence-electron chi connectivity index (χ4n) is 3.78. The number of imidazole rings is 1. The molecule has 0 radical (unpaired) electrons. The maximum absolute atomic E-state index is 12.6. The smallest absolute Gasteiger partial charge is 0.253 e. The van der Waals surface area contributed by atoms with Crippen molar-refractivity contribution >= 4 is 28.5 Å². The van der Waals surface area contributed by atoms with Gasteiger partial charge in [-0.2, -0.15) is 0 Å². The van der Waals surface area contributed by atoms with Crippen molar-refractivity contribution in [3.05, 3.63) is 107 Å². The zero-order valence-electron chi connectivity index (χ0n) is 18.3. The number of hydrogen-bond donors (Lipinski definition) is 1. The fraction of sp³-hybridized carbons (Fsp3) is 0.185. The molecule has 3 aromatic carbocycles. The van der Waals surface area contributed by atoms with E-state index in [0.29, 0.717) is 23.7 Å². The van der Waals surface area contributed by atoms with Gasteiger partial charge in [0.05, 0.1) is 34.8 Å². The Morgan fingerprint density at radius 3 is 2.67 bits per heavy atom. The summed E-state index contributed by atoms with van der Waals surface area (Å²) in [5.74, 6) is 1.46. The van der Waals surface area contributed by atoms with Crippen LogP contribution < -0.4 is 10.1 Å². The van der Waals surface area contributed by atoms with Gasteiger partial charge in [-0.1, -0.05) is 60.1 Å². The van der Waals surface area contributed by atoms with Crippen molar-refractivity contribution in [2.75, 3.05) is 6.61 Å². The van der Waals surface area contributed by atoms with E-state index in [-0.39, 0.29) is 5.91 Å². The zero-order valence-corrected chi connectivity index (χ0v) is 19.1. The minimum Gasteiger partial charge on any atom is -0.493 e. The average molecular weight is 460 g/mol. The SMILES string of the molecule is C=CCc1ccccc1OCCCn1c(CNC(=O)c2ccccc2Cl)nc2ccccc21. The third kappa shape index (κ3) is 5.44. The molecule has 0 atom stereocenters. The van der Waals surface area contributed by atoms with Gasteiger partial charge in [-0.25, -0.2) is 4.98 Å². The Balaban J connectivity index is 1.44. The molecule has 1 N–H and O–H groups in total. The van der Waals surface area contributed by atoms with Crippen molar-refractivity contribution < 1.29 is 9.53 Å². The standard InChI is InChI=1S/C27H26ClN3O2/c1-2-10-20-11-3-8-16-25(20)33-18-9-17-31-24-15-7-6-14-23(24)30-26(31)19-29-27(32)21-12-4-5-13-22(21)28/h2-8,11-16H,1,9-10,17-19H2,(H,29,32). The number of hydrogen-bond acceptors (Lipinski definition) is 3. The Hall–Kier alpha value is -3.57. The van der Waals surface area contributed by atoms with E-state index in [9.17, 15) is 4.79 Å². The van der Waals surface area contributed by atoms with Crippen LogP contribution >= 0.6 is 11.6 Å². The second-order valence-electron chi connectivity index (χ2n) is 7.63. The number of nitrogens with zero attached hydrogens (tertiary/aromatic N) is 2. The van der Waals surface area contributed by atoms with Gasteiger partial charge in [0.1, 0.15) is 11.6 Å². The van der Waals surface area contributed by atoms with E-state index < -0.39 is 0 Å². The lowest BCUT2D eigenvalue weighted by molar-refractivity contribution is 0.0949. The molecule has 0 saturated heterocycles. The zero-order chi connectivity index (χ0) is 23.0. The number of para-hydroxylation sites is 3. The molecule has 1 aromatic heterocycles. The quantitative estimate of drug-likeness (QED) is 0.240. The summed E-state index contributed by atoms with van der Waals surface area (Å²) in [5, 5.41) is 3.38. The highest BCUT2D eigenvalue weighted by atomic mass is 35.5. The molecule has 0 aliphatic carbocycles. The number of carbonyl (C=O) groups excluding carboxylic acids is 1. The number of ether oxygens (including phenoxy) is 1. The van der Waals surface area contributed by atoms with Crippen LogP contribution in [0, 0.1) is 0 Å². The first kappa shape index (κ1) is 22.6. The van der Waals surface area contributed by atoms with Crippen LogP contribution in [-0.4, -0.2) is 22.1 Å². The second-order valence-corrected chi connectivity index (χ2v) is 8.04. The summed E-state index contributed by atoms with van der Waals surface area (Å²) >= 11 is 6.16. The van der Waals surface area contributed by atoms with Crippen molar-refractivity contribution in [1.29, 1.82) is 0 Å². The average Bonchev–Trinajstić information content (AvgIpc) is 3.19. The molecule has 1 heterocycles. The third-order valence-electron chi connectivity index (χ3n) is 5.38. The maximum atomic E-state index is 12.6. The number of rotatable bonds is 10. The predicted molar refractivity (Wildman–Crippen MR) is 133 cm³/mol. The number of amides is 1. The molecule has 168 valence electrons. The van der Waals surface area contributed by atoms with Gasteiger partial charge in [0.25, 0.3) is 5.91 Å². The van der Waals surface area contributed by atoms with Gasteiger partial charge >= 0.3 is 0 Å². The van der Waals surface area contributed by atoms with Gasteiger partial charge < -0.3 is 14.6 Å². The van der Waals surface area contributed by atoms with Crippen LogP contribution in [0.3, 0.4) is 0 Å². The Kier molecular flexibility index (Phi) is 7.43. The lowest BCUT2D eigenvalue weighted by Crippen LogP contribution is -2.25. The van der Waals surface area contributed by atoms with Crippen molar-refractivity contribution in [2.45, 2.75) is 25.9 Å². The van der Waals surface area contributed by atoms with Crippen LogP contribution in [0.4, 0.5) is 0 Å². The topological polar surface area (TPSA) is 56.1 Å². The first-order chi connectivity index (χ1) is 16.2. The Labute approximate surface area is 198 Å². The third-order valence-corrected chi connectivity index (χ3v) is 5.71. The van der Waals surface area contributed by atoms with Crippen LogP contribution in [0.5, 0.6) is 5.75 Å². The Morgan fingerprint density at radius 2 is 1.82 bits per heavy atom. The van der Waals surface area contributed by atoms with Gasteiger partial charge in [0, 0.05) is 6.54 Å². The summed E-state index contributed by atoms with van der Waals surface area (Å²) in [6.45, 7) is 5.42. The van der Waals surface area contributed by atoms with Crippen LogP contribution in [0.1, 0.15) is 28.2 Å². The molecule has 0 fully saturated rings. The van der Waals surface area contributed by atoms with Gasteiger partial charge in [0.15, 0.2) is 0 Å². The summed E-state index contributed by atoms with van der Waals surface area (Å²) in [7, 11) is 0. The molecule has 0 aliphatic heterocycles. The van der Waals surface area contributed by atoms with Crippen molar-refractivity contribution in [1.82, 2.24) is 14.9 Å². The molecule has 33 heavy (non-hydrogen) atoms. The predicted octanol–water partition coefficient (Wildman–Crippen LogP) is 5.82. The second kappa shape index (κ2) is 10.8. The molecule has 5 nitrogen and oxygen atoms in total. The van der Waals surface area contributed by atoms with Crippen molar-refractivity contribution in [3.8, 4) is 5.75 Å². The van der Waals surface area contributed by atoms with E-state index in [1.54, 1.807) is 24.3 Å². The highest BCUT2D eigenvalue weighted by Gasteiger charge is 2.14. The molecule has 0 spiro atoms. The first-order valence-electron chi connectivity index (χ1n) is 11.0. The summed E-state index contributed by atoms with van der Waals surface area (Å²) in [6, 6.07) is 23.0. The van der Waals surface area contributed by atoms with Gasteiger partial charge in [-0.3, -0.25) is 4.79 Å². The van der Waals surface area contributed by atoms with E-state index >= 15 is 0 Å². The molecule has 4 aromatic rings. The summed E-state index contributed by atoms with van der Waals surface area (Å²) in [4.78, 5) is 17.3. The van der Waals surface area contributed by atoms with Crippen LogP contribution in [-0.2, 0) is 19.5 Å². The maximum Gasteiger partial charge on any atom is 0.253 e.